The summed E-state index contributed by atoms with van der Waals surface area (Å²) >= 11 is 0. The van der Waals surface area contributed by atoms with E-state index in [1.54, 1.807) is 7.11 Å². The van der Waals surface area contributed by atoms with E-state index in [0.717, 1.165) is 0 Å². The van der Waals surface area contributed by atoms with Crippen molar-refractivity contribution in [3.63, 3.8) is 0 Å². The Morgan fingerprint density at radius 3 is 2.00 bits per heavy atom. The van der Waals surface area contributed by atoms with E-state index < -0.39 is 11.6 Å². The van der Waals surface area contributed by atoms with Crippen molar-refractivity contribution in [1.82, 2.24) is 0 Å². The topological polar surface area (TPSA) is 98.6 Å². The molecule has 0 aliphatic carbocycles. The Morgan fingerprint density at radius 1 is 1.67 bits per heavy atom. The normalized spacial score (nSPS) is 12.8. The van der Waals surface area contributed by atoms with E-state index >= 15 is 0 Å². The monoisotopic (exact) mass is 178 g/mol. The molecular formula is C7H18N2O3. The summed E-state index contributed by atoms with van der Waals surface area (Å²) < 4.78 is 4.32. The highest BCUT2D eigenvalue weighted by Gasteiger charge is 2.21. The molecule has 0 fully saturated rings. The minimum Gasteiger partial charge on any atom is -0.388 e. The Balaban J connectivity index is 0. The molecule has 0 bridgehead atoms. The molecule has 0 amide bonds. The van der Waals surface area contributed by atoms with Crippen molar-refractivity contribution in [2.24, 2.45) is 11.5 Å². The lowest BCUT2D eigenvalue weighted by Crippen LogP contribution is -2.44. The van der Waals surface area contributed by atoms with Gasteiger partial charge in [0.1, 0.15) is 6.29 Å². The molecule has 1 atom stereocenters. The lowest BCUT2D eigenvalue weighted by Gasteiger charge is -2.19. The van der Waals surface area contributed by atoms with Gasteiger partial charge in [0.15, 0.2) is 0 Å². The maximum atomic E-state index is 9.87. The first-order chi connectivity index (χ1) is 5.40. The van der Waals surface area contributed by atoms with Crippen LogP contribution in [0.5, 0.6) is 0 Å². The Morgan fingerprint density at radius 2 is 2.00 bits per heavy atom. The summed E-state index contributed by atoms with van der Waals surface area (Å²) in [4.78, 5) is 9.87. The highest BCUT2D eigenvalue weighted by Crippen LogP contribution is 2.02. The molecule has 0 spiro atoms. The zero-order valence-electron chi connectivity index (χ0n) is 7.78. The molecule has 0 aromatic carbocycles. The molecule has 5 nitrogen and oxygen atoms in total. The summed E-state index contributed by atoms with van der Waals surface area (Å²) in [6.45, 7) is 3.30. The fourth-order valence-corrected chi connectivity index (χ4v) is 0.167. The third kappa shape index (κ3) is 9.51. The van der Waals surface area contributed by atoms with E-state index in [4.69, 9.17) is 16.6 Å². The molecular weight excluding hydrogens is 160 g/mol. The van der Waals surface area contributed by atoms with Gasteiger partial charge in [-0.1, -0.05) is 0 Å². The van der Waals surface area contributed by atoms with Crippen LogP contribution >= 0.6 is 0 Å². The molecule has 5 heteroatoms. The van der Waals surface area contributed by atoms with E-state index in [1.165, 1.54) is 13.8 Å². The number of hydrogen-bond donors (Lipinski definition) is 3. The Kier molecular flexibility index (Phi) is 8.41. The Bertz CT molecular complexity index is 110. The molecule has 0 saturated heterocycles. The smallest absolute Gasteiger partial charge is 0.139 e. The summed E-state index contributed by atoms with van der Waals surface area (Å²) in [7, 11) is 1.56. The molecule has 0 heterocycles. The number of ether oxygens (including phenoxy) is 1. The van der Waals surface area contributed by atoms with Crippen LogP contribution < -0.4 is 11.5 Å². The lowest BCUT2D eigenvalue weighted by molar-refractivity contribution is -0.113. The number of carbonyl (C=O) groups is 1. The van der Waals surface area contributed by atoms with Gasteiger partial charge in [-0.3, -0.25) is 0 Å². The van der Waals surface area contributed by atoms with Gasteiger partial charge in [0.25, 0.3) is 0 Å². The predicted octanol–water partition coefficient (Wildman–Crippen LogP) is -1.17. The second-order valence-electron chi connectivity index (χ2n) is 2.77. The summed E-state index contributed by atoms with van der Waals surface area (Å²) in [5.74, 6) is 0. The summed E-state index contributed by atoms with van der Waals surface area (Å²) in [6, 6.07) is -0.775. The van der Waals surface area contributed by atoms with Crippen LogP contribution in [0.3, 0.4) is 0 Å². The minimum absolute atomic E-state index is 0.319. The SMILES string of the molecule is CC(C)(O)C(N)C=O.COCN. The van der Waals surface area contributed by atoms with Crippen LogP contribution in [0.4, 0.5) is 0 Å². The van der Waals surface area contributed by atoms with Crippen molar-refractivity contribution in [2.45, 2.75) is 25.5 Å². The minimum atomic E-state index is -1.08. The quantitative estimate of drug-likeness (QED) is 0.374. The number of carbonyl (C=O) groups excluding carboxylic acids is 1. The molecule has 0 aromatic heterocycles. The van der Waals surface area contributed by atoms with Crippen LogP contribution in [0.2, 0.25) is 0 Å². The summed E-state index contributed by atoms with van der Waals surface area (Å²) in [6.07, 6.45) is 0.528. The van der Waals surface area contributed by atoms with Gasteiger partial charge in [0.2, 0.25) is 0 Å². The van der Waals surface area contributed by atoms with Gasteiger partial charge in [-0.15, -0.1) is 0 Å². The number of methoxy groups -OCH3 is 1. The van der Waals surface area contributed by atoms with Crippen molar-refractivity contribution in [3.05, 3.63) is 0 Å². The second kappa shape index (κ2) is 7.17. The summed E-state index contributed by atoms with van der Waals surface area (Å²) in [5, 5.41) is 8.93. The van der Waals surface area contributed by atoms with Gasteiger partial charge in [0, 0.05) is 7.11 Å². The van der Waals surface area contributed by atoms with Crippen molar-refractivity contribution < 1.29 is 14.6 Å². The number of aldehydes is 1. The van der Waals surface area contributed by atoms with Crippen molar-refractivity contribution in [1.29, 1.82) is 0 Å². The molecule has 0 aliphatic heterocycles. The van der Waals surface area contributed by atoms with E-state index in [9.17, 15) is 4.79 Å². The number of hydrogen-bond acceptors (Lipinski definition) is 5. The summed E-state index contributed by atoms with van der Waals surface area (Å²) in [5.41, 5.74) is 8.86. The van der Waals surface area contributed by atoms with Crippen molar-refractivity contribution >= 4 is 6.29 Å². The second-order valence-corrected chi connectivity index (χ2v) is 2.77. The molecule has 5 N–H and O–H groups in total. The van der Waals surface area contributed by atoms with Gasteiger partial charge >= 0.3 is 0 Å². The standard InChI is InChI=1S/C5H11NO2.C2H7NO/c1-5(2,8)4(6)3-7;1-4-2-3/h3-4,8H,6H2,1-2H3;2-3H2,1H3. The average Bonchev–Trinajstić information content (AvgIpc) is 2.02. The van der Waals surface area contributed by atoms with Gasteiger partial charge in [0.05, 0.1) is 18.4 Å². The largest absolute Gasteiger partial charge is 0.388 e. The molecule has 0 saturated carbocycles. The first-order valence-electron chi connectivity index (χ1n) is 3.52. The predicted molar refractivity (Wildman–Crippen MR) is 46.4 cm³/mol. The highest BCUT2D eigenvalue weighted by molar-refractivity contribution is 5.59. The van der Waals surface area contributed by atoms with E-state index in [1.807, 2.05) is 0 Å². The fraction of sp³-hybridized carbons (Fsp3) is 0.857. The molecule has 12 heavy (non-hydrogen) atoms. The zero-order valence-corrected chi connectivity index (χ0v) is 7.78. The number of rotatable bonds is 3. The van der Waals surface area contributed by atoms with Crippen LogP contribution in [-0.4, -0.2) is 36.9 Å². The third-order valence-corrected chi connectivity index (χ3v) is 1.13. The molecule has 0 aliphatic rings. The molecule has 1 unspecified atom stereocenters. The van der Waals surface area contributed by atoms with Crippen molar-refractivity contribution in [2.75, 3.05) is 13.8 Å². The third-order valence-electron chi connectivity index (χ3n) is 1.13. The lowest BCUT2D eigenvalue weighted by atomic mass is 10.0. The van der Waals surface area contributed by atoms with Crippen LogP contribution in [0.1, 0.15) is 13.8 Å². The molecule has 0 rings (SSSR count). The van der Waals surface area contributed by atoms with Crippen LogP contribution in [0, 0.1) is 0 Å². The molecule has 0 aromatic rings. The number of nitrogens with two attached hydrogens (primary N) is 2. The van der Waals surface area contributed by atoms with Crippen LogP contribution in [0.15, 0.2) is 0 Å². The fourth-order valence-electron chi connectivity index (χ4n) is 0.167. The molecule has 0 radical (unpaired) electrons. The van der Waals surface area contributed by atoms with E-state index in [-0.39, 0.29) is 0 Å². The van der Waals surface area contributed by atoms with E-state index in [2.05, 4.69) is 4.74 Å². The Hall–Kier alpha value is -0.490. The first kappa shape index (κ1) is 14.1. The van der Waals surface area contributed by atoms with Gasteiger partial charge in [-0.25, -0.2) is 0 Å². The number of aliphatic hydroxyl groups is 1. The van der Waals surface area contributed by atoms with Crippen LogP contribution in [0.25, 0.3) is 0 Å². The van der Waals surface area contributed by atoms with E-state index in [0.29, 0.717) is 13.0 Å². The Labute approximate surface area is 72.7 Å². The average molecular weight is 178 g/mol. The van der Waals surface area contributed by atoms with Gasteiger partial charge in [-0.05, 0) is 13.8 Å². The highest BCUT2D eigenvalue weighted by atomic mass is 16.5. The van der Waals surface area contributed by atoms with Gasteiger partial charge < -0.3 is 26.1 Å². The van der Waals surface area contributed by atoms with Crippen molar-refractivity contribution in [3.8, 4) is 0 Å². The maximum absolute atomic E-state index is 9.87. The zero-order chi connectivity index (χ0) is 10.2. The maximum Gasteiger partial charge on any atom is 0.139 e. The van der Waals surface area contributed by atoms with Gasteiger partial charge in [-0.2, -0.15) is 0 Å². The first-order valence-corrected chi connectivity index (χ1v) is 3.52. The molecule has 74 valence electrons. The van der Waals surface area contributed by atoms with Crippen LogP contribution in [-0.2, 0) is 9.53 Å².